The van der Waals surface area contributed by atoms with Crippen molar-refractivity contribution in [3.05, 3.63) is 27.4 Å². The van der Waals surface area contributed by atoms with Gasteiger partial charge in [-0.15, -0.1) is 0 Å². The third kappa shape index (κ3) is 2.74. The van der Waals surface area contributed by atoms with Gasteiger partial charge in [-0.2, -0.15) is 4.31 Å². The summed E-state index contributed by atoms with van der Waals surface area (Å²) < 4.78 is 25.3. The van der Waals surface area contributed by atoms with Crippen molar-refractivity contribution in [2.45, 2.75) is 51.1 Å². The van der Waals surface area contributed by atoms with Gasteiger partial charge < -0.3 is 9.88 Å². The van der Waals surface area contributed by atoms with Gasteiger partial charge in [0, 0.05) is 24.6 Å². The summed E-state index contributed by atoms with van der Waals surface area (Å²) in [5.74, 6) is 3.64. The summed E-state index contributed by atoms with van der Waals surface area (Å²) in [6.45, 7) is 1.14. The van der Waals surface area contributed by atoms with Crippen molar-refractivity contribution in [1.29, 1.82) is 0 Å². The quantitative estimate of drug-likeness (QED) is 0.769. The van der Waals surface area contributed by atoms with Crippen molar-refractivity contribution in [2.24, 2.45) is 29.6 Å². The topological polar surface area (TPSA) is 103 Å². The van der Waals surface area contributed by atoms with E-state index in [1.165, 1.54) is 29.8 Å². The fraction of sp³-hybridized carbons (Fsp3) is 0.762. The Morgan fingerprint density at radius 1 is 1.13 bits per heavy atom. The molecule has 0 unspecified atom stereocenters. The van der Waals surface area contributed by atoms with Gasteiger partial charge in [-0.25, -0.2) is 13.4 Å². The number of aromatic nitrogens is 2. The molecule has 4 fully saturated rings. The first-order valence-corrected chi connectivity index (χ1v) is 13.1. The number of carbonyl (C=O) groups excluding carboxylic acids is 1. The SMILES string of the molecule is CS(=O)(=O)N1CCc2c(nc([C@@H]3CCCN3C(=O)C3[C@H]4[C@H]5CC[C@@H](C5)[C@H]34)[nH]c2=O)C1. The Morgan fingerprint density at radius 3 is 2.57 bits per heavy atom. The van der Waals surface area contributed by atoms with Gasteiger partial charge >= 0.3 is 0 Å². The second-order valence-electron chi connectivity index (χ2n) is 9.93. The molecule has 1 aromatic heterocycles. The third-order valence-electron chi connectivity index (χ3n) is 8.40. The molecule has 9 heteroatoms. The maximum Gasteiger partial charge on any atom is 0.254 e. The van der Waals surface area contributed by atoms with Crippen LogP contribution in [0.25, 0.3) is 0 Å². The van der Waals surface area contributed by atoms with Crippen LogP contribution in [0.3, 0.4) is 0 Å². The Kier molecular flexibility index (Phi) is 4.04. The smallest absolute Gasteiger partial charge is 0.254 e. The number of nitrogens with zero attached hydrogens (tertiary/aromatic N) is 3. The van der Waals surface area contributed by atoms with Gasteiger partial charge in [-0.3, -0.25) is 9.59 Å². The number of fused-ring (bicyclic) bond motifs is 6. The first kappa shape index (κ1) is 19.0. The van der Waals surface area contributed by atoms with Gasteiger partial charge in [0.05, 0.1) is 24.5 Å². The average molecular weight is 433 g/mol. The summed E-state index contributed by atoms with van der Waals surface area (Å²) in [5.41, 5.74) is 0.915. The van der Waals surface area contributed by atoms with E-state index in [9.17, 15) is 18.0 Å². The summed E-state index contributed by atoms with van der Waals surface area (Å²) in [5, 5.41) is 0. The second kappa shape index (κ2) is 6.38. The van der Waals surface area contributed by atoms with Crippen molar-refractivity contribution >= 4 is 15.9 Å². The predicted octanol–water partition coefficient (Wildman–Crippen LogP) is 1.04. The zero-order valence-electron chi connectivity index (χ0n) is 17.2. The highest BCUT2D eigenvalue weighted by Crippen LogP contribution is 2.70. The minimum Gasteiger partial charge on any atom is -0.332 e. The van der Waals surface area contributed by atoms with E-state index in [1.807, 2.05) is 4.90 Å². The Morgan fingerprint density at radius 2 is 1.87 bits per heavy atom. The second-order valence-corrected chi connectivity index (χ2v) is 11.9. The minimum atomic E-state index is -3.34. The molecular formula is C21H28N4O4S. The van der Waals surface area contributed by atoms with Crippen LogP contribution in [0.1, 0.15) is 55.2 Å². The molecule has 0 aromatic carbocycles. The molecule has 6 rings (SSSR count). The van der Waals surface area contributed by atoms with Crippen molar-refractivity contribution in [1.82, 2.24) is 19.2 Å². The van der Waals surface area contributed by atoms with E-state index in [1.54, 1.807) is 0 Å². The van der Waals surface area contributed by atoms with Crippen LogP contribution in [0.5, 0.6) is 0 Å². The standard InChI is InChI=1S/C21H28N4O4S/c1-30(28,29)24-8-6-13-14(10-24)22-19(23-20(13)26)15-3-2-7-25(15)21(27)18-16-11-4-5-12(9-11)17(16)18/h11-12,15-18H,2-10H2,1H3,(H,22,23,26)/t11-,12-,15-,16-,17-/m0/s1. The van der Waals surface area contributed by atoms with Gasteiger partial charge in [0.2, 0.25) is 15.9 Å². The summed E-state index contributed by atoms with van der Waals surface area (Å²) in [4.78, 5) is 35.7. The zero-order chi connectivity index (χ0) is 20.8. The van der Waals surface area contributed by atoms with Gasteiger partial charge in [0.1, 0.15) is 5.82 Å². The summed E-state index contributed by atoms with van der Waals surface area (Å²) in [7, 11) is -3.34. The lowest BCUT2D eigenvalue weighted by atomic mass is 10.0. The molecule has 3 heterocycles. The Balaban J connectivity index is 1.27. The van der Waals surface area contributed by atoms with E-state index in [2.05, 4.69) is 4.98 Å². The largest absolute Gasteiger partial charge is 0.332 e. The fourth-order valence-electron chi connectivity index (χ4n) is 7.04. The normalized spacial score (nSPS) is 37.3. The minimum absolute atomic E-state index is 0.127. The van der Waals surface area contributed by atoms with Gasteiger partial charge in [-0.05, 0) is 62.2 Å². The molecule has 162 valence electrons. The number of hydrogen-bond acceptors (Lipinski definition) is 5. The highest BCUT2D eigenvalue weighted by Gasteiger charge is 2.68. The van der Waals surface area contributed by atoms with E-state index >= 15 is 0 Å². The molecule has 1 aromatic rings. The summed E-state index contributed by atoms with van der Waals surface area (Å²) in [6, 6.07) is -0.205. The van der Waals surface area contributed by atoms with E-state index in [-0.39, 0.29) is 30.0 Å². The van der Waals surface area contributed by atoms with E-state index < -0.39 is 10.0 Å². The highest BCUT2D eigenvalue weighted by atomic mass is 32.2. The van der Waals surface area contributed by atoms with Crippen LogP contribution in [0, 0.1) is 29.6 Å². The molecule has 5 aliphatic rings. The number of rotatable bonds is 3. The number of amides is 1. The van der Waals surface area contributed by atoms with Crippen LogP contribution in [0.15, 0.2) is 4.79 Å². The Bertz CT molecular complexity index is 1070. The molecule has 1 N–H and O–H groups in total. The molecule has 1 saturated heterocycles. The number of nitrogens with one attached hydrogen (secondary N) is 1. The fourth-order valence-corrected chi connectivity index (χ4v) is 7.82. The van der Waals surface area contributed by atoms with Gasteiger partial charge in [0.15, 0.2) is 0 Å². The lowest BCUT2D eigenvalue weighted by molar-refractivity contribution is -0.134. The van der Waals surface area contributed by atoms with Crippen molar-refractivity contribution in [3.63, 3.8) is 0 Å². The van der Waals surface area contributed by atoms with Crippen LogP contribution in [-0.4, -0.2) is 52.8 Å². The van der Waals surface area contributed by atoms with Crippen molar-refractivity contribution in [2.75, 3.05) is 19.3 Å². The lowest BCUT2D eigenvalue weighted by Crippen LogP contribution is -2.40. The van der Waals surface area contributed by atoms with Gasteiger partial charge in [0.25, 0.3) is 5.56 Å². The molecule has 1 amide bonds. The third-order valence-corrected chi connectivity index (χ3v) is 9.65. The molecular weight excluding hydrogens is 404 g/mol. The highest BCUT2D eigenvalue weighted by molar-refractivity contribution is 7.88. The van der Waals surface area contributed by atoms with E-state index in [0.29, 0.717) is 48.4 Å². The van der Waals surface area contributed by atoms with Crippen molar-refractivity contribution in [3.8, 4) is 0 Å². The predicted molar refractivity (Wildman–Crippen MR) is 109 cm³/mol. The van der Waals surface area contributed by atoms with Crippen LogP contribution >= 0.6 is 0 Å². The van der Waals surface area contributed by atoms with Crippen LogP contribution in [0.4, 0.5) is 0 Å². The summed E-state index contributed by atoms with van der Waals surface area (Å²) >= 11 is 0. The molecule has 2 aliphatic heterocycles. The molecule has 5 atom stereocenters. The maximum absolute atomic E-state index is 13.4. The molecule has 2 bridgehead atoms. The van der Waals surface area contributed by atoms with Crippen molar-refractivity contribution < 1.29 is 13.2 Å². The lowest BCUT2D eigenvalue weighted by Gasteiger charge is -2.28. The van der Waals surface area contributed by atoms with Crippen LogP contribution in [-0.2, 0) is 27.8 Å². The van der Waals surface area contributed by atoms with Crippen LogP contribution < -0.4 is 5.56 Å². The zero-order valence-corrected chi connectivity index (χ0v) is 18.0. The Hall–Kier alpha value is -1.74. The van der Waals surface area contributed by atoms with Gasteiger partial charge in [-0.1, -0.05) is 0 Å². The molecule has 8 nitrogen and oxygen atoms in total. The maximum atomic E-state index is 13.4. The van der Waals surface area contributed by atoms with E-state index in [0.717, 1.165) is 24.7 Å². The van der Waals surface area contributed by atoms with E-state index in [4.69, 9.17) is 4.98 Å². The number of likely N-dealkylation sites (tertiary alicyclic amines) is 1. The molecule has 3 aliphatic carbocycles. The number of sulfonamides is 1. The summed E-state index contributed by atoms with van der Waals surface area (Å²) in [6.07, 6.45) is 7.14. The average Bonchev–Trinajstić information content (AvgIpc) is 3.07. The van der Waals surface area contributed by atoms with Crippen LogP contribution in [0.2, 0.25) is 0 Å². The molecule has 3 saturated carbocycles. The first-order chi connectivity index (χ1) is 14.3. The number of hydrogen-bond donors (Lipinski definition) is 1. The molecule has 0 spiro atoms. The Labute approximate surface area is 176 Å². The number of aromatic amines is 1. The number of carbonyl (C=O) groups is 1. The molecule has 0 radical (unpaired) electrons. The monoisotopic (exact) mass is 432 g/mol. The molecule has 30 heavy (non-hydrogen) atoms. The number of H-pyrrole nitrogens is 1. The first-order valence-electron chi connectivity index (χ1n) is 11.2.